The molecule has 1 N–H and O–H groups in total. The first kappa shape index (κ1) is 23.1. The minimum absolute atomic E-state index is 0.0238. The second kappa shape index (κ2) is 10.2. The van der Waals surface area contributed by atoms with Crippen molar-refractivity contribution in [2.24, 2.45) is 0 Å². The molecule has 0 unspecified atom stereocenters. The Morgan fingerprint density at radius 1 is 1.09 bits per heavy atom. The van der Waals surface area contributed by atoms with E-state index in [2.05, 4.69) is 11.4 Å². The number of carbonyl (C=O) groups excluding carboxylic acids is 1. The third kappa shape index (κ3) is 5.38. The molecule has 9 heteroatoms. The van der Waals surface area contributed by atoms with Gasteiger partial charge in [0.15, 0.2) is 0 Å². The molecule has 164 valence electrons. The summed E-state index contributed by atoms with van der Waals surface area (Å²) >= 11 is 6.12. The lowest BCUT2D eigenvalue weighted by Gasteiger charge is -2.26. The largest absolute Gasteiger partial charge is 0.495 e. The summed E-state index contributed by atoms with van der Waals surface area (Å²) in [5.74, 6) is -0.304. The predicted molar refractivity (Wildman–Crippen MR) is 123 cm³/mol. The molecule has 32 heavy (non-hydrogen) atoms. The highest BCUT2D eigenvalue weighted by atomic mass is 35.5. The van der Waals surface area contributed by atoms with E-state index in [9.17, 15) is 13.2 Å². The van der Waals surface area contributed by atoms with E-state index in [0.717, 1.165) is 9.87 Å². The number of nitrogens with zero attached hydrogens (tertiary/aromatic N) is 2. The van der Waals surface area contributed by atoms with Gasteiger partial charge in [0.25, 0.3) is 10.0 Å². The molecule has 0 aliphatic carbocycles. The van der Waals surface area contributed by atoms with Crippen molar-refractivity contribution in [2.45, 2.75) is 11.3 Å². The first-order valence-corrected chi connectivity index (χ1v) is 11.3. The highest BCUT2D eigenvalue weighted by Crippen LogP contribution is 2.34. The minimum atomic E-state index is -4.11. The van der Waals surface area contributed by atoms with E-state index >= 15 is 0 Å². The van der Waals surface area contributed by atoms with E-state index in [1.165, 1.54) is 31.4 Å². The first-order valence-electron chi connectivity index (χ1n) is 9.52. The van der Waals surface area contributed by atoms with Gasteiger partial charge in [0.1, 0.15) is 12.3 Å². The summed E-state index contributed by atoms with van der Waals surface area (Å²) in [5.41, 5.74) is 1.43. The van der Waals surface area contributed by atoms with Crippen LogP contribution in [0.4, 0.5) is 11.4 Å². The smallest absolute Gasteiger partial charge is 0.264 e. The molecule has 0 bridgehead atoms. The third-order valence-electron chi connectivity index (χ3n) is 4.55. The van der Waals surface area contributed by atoms with Gasteiger partial charge in [-0.25, -0.2) is 8.42 Å². The van der Waals surface area contributed by atoms with E-state index in [4.69, 9.17) is 21.6 Å². The number of amides is 1. The molecule has 0 heterocycles. The predicted octanol–water partition coefficient (Wildman–Crippen LogP) is 4.25. The zero-order valence-electron chi connectivity index (χ0n) is 17.2. The summed E-state index contributed by atoms with van der Waals surface area (Å²) < 4.78 is 33.2. The molecule has 0 aliphatic heterocycles. The lowest BCUT2D eigenvalue weighted by molar-refractivity contribution is -0.114. The fourth-order valence-corrected chi connectivity index (χ4v) is 4.62. The Hall–Kier alpha value is -3.54. The number of methoxy groups -OCH3 is 1. The Bertz CT molecular complexity index is 1240. The molecule has 0 radical (unpaired) electrons. The Balaban J connectivity index is 1.95. The van der Waals surface area contributed by atoms with Gasteiger partial charge in [-0.1, -0.05) is 41.9 Å². The van der Waals surface area contributed by atoms with Gasteiger partial charge in [-0.05, 0) is 48.0 Å². The number of rotatable bonds is 8. The van der Waals surface area contributed by atoms with Crippen LogP contribution in [0.1, 0.15) is 5.56 Å². The van der Waals surface area contributed by atoms with Crippen LogP contribution in [0, 0.1) is 11.3 Å². The summed E-state index contributed by atoms with van der Waals surface area (Å²) in [6, 6.07) is 21.1. The maximum Gasteiger partial charge on any atom is 0.264 e. The molecule has 1 amide bonds. The van der Waals surface area contributed by atoms with Gasteiger partial charge in [-0.3, -0.25) is 9.10 Å². The average Bonchev–Trinajstić information content (AvgIpc) is 2.79. The molecule has 3 aromatic carbocycles. The van der Waals surface area contributed by atoms with Crippen molar-refractivity contribution < 1.29 is 17.9 Å². The fourth-order valence-electron chi connectivity index (χ4n) is 3.01. The van der Waals surface area contributed by atoms with Gasteiger partial charge < -0.3 is 10.1 Å². The molecule has 0 saturated heterocycles. The van der Waals surface area contributed by atoms with E-state index in [1.54, 1.807) is 48.5 Å². The van der Waals surface area contributed by atoms with E-state index in [1.807, 2.05) is 0 Å². The van der Waals surface area contributed by atoms with Crippen molar-refractivity contribution in [3.05, 3.63) is 83.4 Å². The van der Waals surface area contributed by atoms with Gasteiger partial charge in [0.2, 0.25) is 5.91 Å². The molecule has 0 fully saturated rings. The minimum Gasteiger partial charge on any atom is -0.495 e. The fraction of sp³-hybridized carbons (Fsp3) is 0.130. The molecule has 3 aromatic rings. The van der Waals surface area contributed by atoms with Crippen molar-refractivity contribution in [2.75, 3.05) is 23.3 Å². The summed E-state index contributed by atoms with van der Waals surface area (Å²) in [7, 11) is -2.70. The average molecular weight is 470 g/mol. The summed E-state index contributed by atoms with van der Waals surface area (Å²) in [6.07, 6.45) is 0.256. The lowest BCUT2D eigenvalue weighted by Crippen LogP contribution is -2.38. The zero-order chi connectivity index (χ0) is 23.1. The third-order valence-corrected chi connectivity index (χ3v) is 6.56. The van der Waals surface area contributed by atoms with Gasteiger partial charge >= 0.3 is 0 Å². The standard InChI is InChI=1S/C23H20ClN3O4S/c1-31-22-12-9-18(24)15-21(22)27(32(29,30)20-5-3-2-4-6-20)16-23(28)26-19-10-7-17(8-11-19)13-14-25/h2-12,15H,13,16H2,1H3,(H,26,28). The lowest BCUT2D eigenvalue weighted by atomic mass is 10.1. The SMILES string of the molecule is COc1ccc(Cl)cc1N(CC(=O)Nc1ccc(CC#N)cc1)S(=O)(=O)c1ccccc1. The second-order valence-electron chi connectivity index (χ2n) is 6.72. The molecular formula is C23H20ClN3O4S. The van der Waals surface area contributed by atoms with E-state index in [-0.39, 0.29) is 22.8 Å². The monoisotopic (exact) mass is 469 g/mol. The van der Waals surface area contributed by atoms with Crippen molar-refractivity contribution in [1.82, 2.24) is 0 Å². The van der Waals surface area contributed by atoms with E-state index in [0.29, 0.717) is 10.7 Å². The molecular weight excluding hydrogens is 450 g/mol. The normalized spacial score (nSPS) is 10.8. The summed E-state index contributed by atoms with van der Waals surface area (Å²) in [6.45, 7) is -0.506. The number of hydrogen-bond acceptors (Lipinski definition) is 5. The number of hydrogen-bond donors (Lipinski definition) is 1. The molecule has 0 spiro atoms. The Kier molecular flexibility index (Phi) is 7.36. The maximum absolute atomic E-state index is 13.4. The molecule has 0 atom stereocenters. The first-order chi connectivity index (χ1) is 15.3. The van der Waals surface area contributed by atoms with Crippen LogP contribution in [0.2, 0.25) is 5.02 Å². The number of benzene rings is 3. The molecule has 0 aromatic heterocycles. The quantitative estimate of drug-likeness (QED) is 0.531. The Morgan fingerprint density at radius 3 is 2.41 bits per heavy atom. The number of nitriles is 1. The second-order valence-corrected chi connectivity index (χ2v) is 9.02. The van der Waals surface area contributed by atoms with Gasteiger partial charge in [0, 0.05) is 10.7 Å². The van der Waals surface area contributed by atoms with Crippen molar-refractivity contribution >= 4 is 38.9 Å². The maximum atomic E-state index is 13.4. The van der Waals surface area contributed by atoms with Crippen LogP contribution >= 0.6 is 11.6 Å². The van der Waals surface area contributed by atoms with Crippen molar-refractivity contribution in [3.8, 4) is 11.8 Å². The Labute approximate surface area is 191 Å². The Morgan fingerprint density at radius 2 is 1.78 bits per heavy atom. The van der Waals surface area contributed by atoms with E-state index < -0.39 is 22.5 Å². The summed E-state index contributed by atoms with van der Waals surface area (Å²) in [5, 5.41) is 11.8. The van der Waals surface area contributed by atoms with Crippen LogP contribution in [0.5, 0.6) is 5.75 Å². The number of halogens is 1. The molecule has 0 saturated carbocycles. The number of carbonyl (C=O) groups is 1. The van der Waals surface area contributed by atoms with Crippen LogP contribution in [0.15, 0.2) is 77.7 Å². The van der Waals surface area contributed by atoms with Crippen molar-refractivity contribution in [3.63, 3.8) is 0 Å². The highest BCUT2D eigenvalue weighted by Gasteiger charge is 2.29. The zero-order valence-corrected chi connectivity index (χ0v) is 18.7. The number of nitrogens with one attached hydrogen (secondary N) is 1. The molecule has 3 rings (SSSR count). The van der Waals surface area contributed by atoms with Gasteiger partial charge in [-0.15, -0.1) is 0 Å². The van der Waals surface area contributed by atoms with Gasteiger partial charge in [-0.2, -0.15) is 5.26 Å². The topological polar surface area (TPSA) is 99.5 Å². The van der Waals surface area contributed by atoms with Crippen LogP contribution in [-0.2, 0) is 21.2 Å². The highest BCUT2D eigenvalue weighted by molar-refractivity contribution is 7.92. The molecule has 0 aliphatic rings. The van der Waals surface area contributed by atoms with Crippen LogP contribution < -0.4 is 14.4 Å². The number of ether oxygens (including phenoxy) is 1. The van der Waals surface area contributed by atoms with Gasteiger partial charge in [0.05, 0.1) is 30.2 Å². The van der Waals surface area contributed by atoms with Crippen LogP contribution in [-0.4, -0.2) is 28.0 Å². The number of anilines is 2. The molecule has 7 nitrogen and oxygen atoms in total. The van der Waals surface area contributed by atoms with Crippen LogP contribution in [0.25, 0.3) is 0 Å². The summed E-state index contributed by atoms with van der Waals surface area (Å²) in [4.78, 5) is 12.8. The van der Waals surface area contributed by atoms with Crippen molar-refractivity contribution in [1.29, 1.82) is 5.26 Å². The van der Waals surface area contributed by atoms with Crippen LogP contribution in [0.3, 0.4) is 0 Å². The number of sulfonamides is 1.